The first-order valence-electron chi connectivity index (χ1n) is 4.39. The minimum atomic E-state index is 0.426. The van der Waals surface area contributed by atoms with Crippen molar-refractivity contribution < 1.29 is 0 Å². The molecule has 0 unspecified atom stereocenters. The number of rotatable bonds is 1. The second-order valence-corrected chi connectivity index (χ2v) is 2.77. The Morgan fingerprint density at radius 2 is 2.08 bits per heavy atom. The van der Waals surface area contributed by atoms with Gasteiger partial charge < -0.3 is 11.1 Å². The summed E-state index contributed by atoms with van der Waals surface area (Å²) in [6, 6.07) is 3.55. The SMILES string of the molecule is CC(=N)c1cccnc1N.CCC. The van der Waals surface area contributed by atoms with E-state index in [0.29, 0.717) is 17.1 Å². The molecule has 1 rings (SSSR count). The van der Waals surface area contributed by atoms with E-state index in [4.69, 9.17) is 11.1 Å². The summed E-state index contributed by atoms with van der Waals surface area (Å²) in [4.78, 5) is 3.84. The van der Waals surface area contributed by atoms with E-state index < -0.39 is 0 Å². The minimum absolute atomic E-state index is 0.426. The molecule has 0 aliphatic carbocycles. The van der Waals surface area contributed by atoms with Crippen LogP contribution < -0.4 is 5.73 Å². The average Bonchev–Trinajstić information content (AvgIpc) is 2.06. The second kappa shape index (κ2) is 6.17. The highest BCUT2D eigenvalue weighted by Crippen LogP contribution is 2.06. The van der Waals surface area contributed by atoms with Gasteiger partial charge in [0.25, 0.3) is 0 Å². The van der Waals surface area contributed by atoms with Gasteiger partial charge in [-0.3, -0.25) is 0 Å². The molecule has 3 heteroatoms. The predicted octanol–water partition coefficient (Wildman–Crippen LogP) is 2.47. The Morgan fingerprint density at radius 1 is 1.54 bits per heavy atom. The number of anilines is 1. The lowest BCUT2D eigenvalue weighted by Gasteiger charge is -1.99. The first-order valence-corrected chi connectivity index (χ1v) is 4.39. The van der Waals surface area contributed by atoms with Crippen molar-refractivity contribution in [1.29, 1.82) is 5.41 Å². The number of aromatic nitrogens is 1. The van der Waals surface area contributed by atoms with Crippen LogP contribution in [0.4, 0.5) is 5.82 Å². The molecule has 3 N–H and O–H groups in total. The third-order valence-corrected chi connectivity index (χ3v) is 1.24. The van der Waals surface area contributed by atoms with Gasteiger partial charge in [0, 0.05) is 17.5 Å². The third-order valence-electron chi connectivity index (χ3n) is 1.24. The van der Waals surface area contributed by atoms with Gasteiger partial charge in [0.15, 0.2) is 0 Å². The third kappa shape index (κ3) is 4.25. The largest absolute Gasteiger partial charge is 0.383 e. The maximum absolute atomic E-state index is 7.26. The summed E-state index contributed by atoms with van der Waals surface area (Å²) < 4.78 is 0. The Labute approximate surface area is 79.5 Å². The highest BCUT2D eigenvalue weighted by Gasteiger charge is 1.98. The highest BCUT2D eigenvalue weighted by molar-refractivity contribution is 5.99. The summed E-state index contributed by atoms with van der Waals surface area (Å²) in [5, 5.41) is 7.26. The topological polar surface area (TPSA) is 62.8 Å². The van der Waals surface area contributed by atoms with E-state index in [1.165, 1.54) is 6.42 Å². The zero-order valence-electron chi connectivity index (χ0n) is 8.46. The van der Waals surface area contributed by atoms with Gasteiger partial charge in [-0.15, -0.1) is 0 Å². The Balaban J connectivity index is 0.000000424. The van der Waals surface area contributed by atoms with Crippen LogP contribution in [0.25, 0.3) is 0 Å². The van der Waals surface area contributed by atoms with Gasteiger partial charge >= 0.3 is 0 Å². The molecule has 0 fully saturated rings. The molecule has 0 radical (unpaired) electrons. The second-order valence-electron chi connectivity index (χ2n) is 2.77. The summed E-state index contributed by atoms with van der Waals surface area (Å²) in [7, 11) is 0. The fourth-order valence-electron chi connectivity index (χ4n) is 0.735. The zero-order chi connectivity index (χ0) is 10.3. The van der Waals surface area contributed by atoms with Crippen molar-refractivity contribution >= 4 is 11.5 Å². The molecule has 1 aromatic rings. The van der Waals surface area contributed by atoms with Crippen LogP contribution >= 0.6 is 0 Å². The van der Waals surface area contributed by atoms with Crippen molar-refractivity contribution in [1.82, 2.24) is 4.98 Å². The van der Waals surface area contributed by atoms with E-state index in [1.54, 1.807) is 25.3 Å². The van der Waals surface area contributed by atoms with E-state index in [1.807, 2.05) is 0 Å². The van der Waals surface area contributed by atoms with E-state index in [-0.39, 0.29) is 0 Å². The van der Waals surface area contributed by atoms with Gasteiger partial charge in [0.05, 0.1) is 0 Å². The Bertz CT molecular complexity index is 269. The maximum atomic E-state index is 7.26. The van der Waals surface area contributed by atoms with Crippen LogP contribution in [0.1, 0.15) is 32.8 Å². The molecule has 0 saturated heterocycles. The molecule has 1 heterocycles. The number of hydrogen-bond acceptors (Lipinski definition) is 3. The Morgan fingerprint density at radius 3 is 2.38 bits per heavy atom. The Hall–Kier alpha value is -1.38. The van der Waals surface area contributed by atoms with E-state index in [2.05, 4.69) is 18.8 Å². The number of pyridine rings is 1. The van der Waals surface area contributed by atoms with Crippen molar-refractivity contribution in [2.45, 2.75) is 27.2 Å². The first-order chi connectivity index (χ1) is 6.13. The number of nitrogens with zero attached hydrogens (tertiary/aromatic N) is 1. The Kier molecular flexibility index (Phi) is 5.52. The molecule has 13 heavy (non-hydrogen) atoms. The van der Waals surface area contributed by atoms with Crippen molar-refractivity contribution in [2.24, 2.45) is 0 Å². The van der Waals surface area contributed by atoms with Gasteiger partial charge in [-0.25, -0.2) is 4.98 Å². The smallest absolute Gasteiger partial charge is 0.132 e. The van der Waals surface area contributed by atoms with Crippen LogP contribution in [0.3, 0.4) is 0 Å². The molecule has 0 aliphatic rings. The summed E-state index contributed by atoms with van der Waals surface area (Å²) >= 11 is 0. The van der Waals surface area contributed by atoms with Crippen LogP contribution in [0, 0.1) is 5.41 Å². The highest BCUT2D eigenvalue weighted by atomic mass is 14.8. The van der Waals surface area contributed by atoms with Crippen LogP contribution in [0.15, 0.2) is 18.3 Å². The summed E-state index contributed by atoms with van der Waals surface area (Å²) in [6.07, 6.45) is 2.86. The van der Waals surface area contributed by atoms with Gasteiger partial charge in [-0.2, -0.15) is 0 Å². The van der Waals surface area contributed by atoms with E-state index in [9.17, 15) is 0 Å². The molecule has 0 spiro atoms. The number of nitrogen functional groups attached to an aromatic ring is 1. The van der Waals surface area contributed by atoms with Gasteiger partial charge in [0.1, 0.15) is 5.82 Å². The monoisotopic (exact) mass is 179 g/mol. The predicted molar refractivity (Wildman–Crippen MR) is 57.1 cm³/mol. The molecule has 0 amide bonds. The van der Waals surface area contributed by atoms with E-state index in [0.717, 1.165) is 0 Å². The van der Waals surface area contributed by atoms with Crippen molar-refractivity contribution in [3.8, 4) is 0 Å². The van der Waals surface area contributed by atoms with E-state index >= 15 is 0 Å². The van der Waals surface area contributed by atoms with Crippen LogP contribution in [-0.4, -0.2) is 10.7 Å². The van der Waals surface area contributed by atoms with Crippen LogP contribution in [0.5, 0.6) is 0 Å². The quantitative estimate of drug-likeness (QED) is 0.650. The minimum Gasteiger partial charge on any atom is -0.383 e. The first kappa shape index (κ1) is 11.6. The average molecular weight is 179 g/mol. The van der Waals surface area contributed by atoms with Crippen LogP contribution in [-0.2, 0) is 0 Å². The maximum Gasteiger partial charge on any atom is 0.132 e. The molecule has 0 bridgehead atoms. The van der Waals surface area contributed by atoms with Crippen molar-refractivity contribution in [3.05, 3.63) is 23.9 Å². The summed E-state index contributed by atoms with van der Waals surface area (Å²) in [5.41, 5.74) is 6.63. The van der Waals surface area contributed by atoms with Crippen LogP contribution in [0.2, 0.25) is 0 Å². The fourth-order valence-corrected chi connectivity index (χ4v) is 0.735. The molecule has 0 aliphatic heterocycles. The summed E-state index contributed by atoms with van der Waals surface area (Å²) in [5.74, 6) is 0.426. The van der Waals surface area contributed by atoms with Gasteiger partial charge in [-0.1, -0.05) is 20.3 Å². The lowest BCUT2D eigenvalue weighted by molar-refractivity contribution is 1.09. The standard InChI is InChI=1S/C7H9N3.C3H8/c1-5(8)6-3-2-4-10-7(6)9;1-3-2/h2-4,8H,1H3,(H2,9,10);3H2,1-2H3. The van der Waals surface area contributed by atoms with Crippen molar-refractivity contribution in [2.75, 3.05) is 5.73 Å². The molecule has 0 aromatic carbocycles. The fraction of sp³-hybridized carbons (Fsp3) is 0.400. The zero-order valence-corrected chi connectivity index (χ0v) is 8.46. The molecule has 1 aromatic heterocycles. The molecule has 0 atom stereocenters. The number of nitrogens with one attached hydrogen (secondary N) is 1. The molecular weight excluding hydrogens is 162 g/mol. The van der Waals surface area contributed by atoms with Gasteiger partial charge in [0.2, 0.25) is 0 Å². The molecule has 72 valence electrons. The molecule has 3 nitrogen and oxygen atoms in total. The molecule has 0 saturated carbocycles. The number of hydrogen-bond donors (Lipinski definition) is 2. The van der Waals surface area contributed by atoms with Crippen molar-refractivity contribution in [3.63, 3.8) is 0 Å². The van der Waals surface area contributed by atoms with Gasteiger partial charge in [-0.05, 0) is 19.1 Å². The number of nitrogens with two attached hydrogens (primary N) is 1. The normalized spacial score (nSPS) is 8.54. The lowest BCUT2D eigenvalue weighted by Crippen LogP contribution is -2.00. The molecular formula is C10H17N3. The summed E-state index contributed by atoms with van der Waals surface area (Å²) in [6.45, 7) is 5.94. The lowest BCUT2D eigenvalue weighted by atomic mass is 10.2.